The van der Waals surface area contributed by atoms with Crippen molar-refractivity contribution in [1.82, 2.24) is 10.2 Å². The maximum absolute atomic E-state index is 13.2. The Morgan fingerprint density at radius 1 is 1.03 bits per heavy atom. The minimum Gasteiger partial charge on any atom is -0.354 e. The van der Waals surface area contributed by atoms with Gasteiger partial charge in [0, 0.05) is 31.0 Å². The number of benzene rings is 2. The first kappa shape index (κ1) is 25.0. The van der Waals surface area contributed by atoms with Crippen molar-refractivity contribution in [3.63, 3.8) is 0 Å². The van der Waals surface area contributed by atoms with Crippen LogP contribution in [0.1, 0.15) is 50.3 Å². The standard InChI is InChI=1S/C26H36N2O2S/c1-5-24(26(30)27-17-20(2)3)28(18-23-14-10-9-11-21(23)4)25(29)15-16-31-19-22-12-7-6-8-13-22/h6-14,20,24H,5,15-19H2,1-4H3,(H,27,30)/t24-/m1/s1. The summed E-state index contributed by atoms with van der Waals surface area (Å²) in [5, 5.41) is 3.02. The molecule has 0 saturated heterocycles. The molecule has 0 aliphatic heterocycles. The van der Waals surface area contributed by atoms with Crippen molar-refractivity contribution >= 4 is 23.6 Å². The predicted molar refractivity (Wildman–Crippen MR) is 131 cm³/mol. The zero-order valence-corrected chi connectivity index (χ0v) is 20.1. The number of amides is 2. The van der Waals surface area contributed by atoms with E-state index in [1.54, 1.807) is 16.7 Å². The fraction of sp³-hybridized carbons (Fsp3) is 0.462. The van der Waals surface area contributed by atoms with Crippen LogP contribution in [0.15, 0.2) is 54.6 Å². The fourth-order valence-corrected chi connectivity index (χ4v) is 4.27. The average molecular weight is 441 g/mol. The molecule has 2 aromatic rings. The predicted octanol–water partition coefficient (Wildman–Crippen LogP) is 5.20. The first-order valence-electron chi connectivity index (χ1n) is 11.2. The molecule has 0 unspecified atom stereocenters. The van der Waals surface area contributed by atoms with E-state index in [0.29, 0.717) is 31.8 Å². The van der Waals surface area contributed by atoms with Crippen LogP contribution in [0.25, 0.3) is 0 Å². The first-order chi connectivity index (χ1) is 14.9. The minimum absolute atomic E-state index is 0.0374. The molecule has 0 fully saturated rings. The molecule has 168 valence electrons. The van der Waals surface area contributed by atoms with E-state index < -0.39 is 6.04 Å². The van der Waals surface area contributed by atoms with Crippen molar-refractivity contribution < 1.29 is 9.59 Å². The second kappa shape index (κ2) is 13.2. The monoisotopic (exact) mass is 440 g/mol. The van der Waals surface area contributed by atoms with Crippen molar-refractivity contribution in [2.24, 2.45) is 5.92 Å². The molecule has 4 nitrogen and oxygen atoms in total. The number of hydrogen-bond donors (Lipinski definition) is 1. The molecule has 0 spiro atoms. The number of carbonyl (C=O) groups excluding carboxylic acids is 2. The quantitative estimate of drug-likeness (QED) is 0.462. The summed E-state index contributed by atoms with van der Waals surface area (Å²) in [5.74, 6) is 1.97. The molecule has 2 amide bonds. The van der Waals surface area contributed by atoms with Crippen LogP contribution >= 0.6 is 11.8 Å². The van der Waals surface area contributed by atoms with Crippen LogP contribution in [0.4, 0.5) is 0 Å². The van der Waals surface area contributed by atoms with Crippen molar-refractivity contribution in [2.75, 3.05) is 12.3 Å². The third kappa shape index (κ3) is 8.41. The van der Waals surface area contributed by atoms with Gasteiger partial charge in [-0.3, -0.25) is 9.59 Å². The van der Waals surface area contributed by atoms with E-state index in [4.69, 9.17) is 0 Å². The normalized spacial score (nSPS) is 11.9. The molecular weight excluding hydrogens is 404 g/mol. The number of nitrogens with zero attached hydrogens (tertiary/aromatic N) is 1. The van der Waals surface area contributed by atoms with Crippen LogP contribution in [0.2, 0.25) is 0 Å². The van der Waals surface area contributed by atoms with E-state index in [2.05, 4.69) is 31.3 Å². The molecule has 1 N–H and O–H groups in total. The lowest BCUT2D eigenvalue weighted by atomic mass is 10.1. The SMILES string of the molecule is CC[C@H](C(=O)NCC(C)C)N(Cc1ccccc1C)C(=O)CCSCc1ccccc1. The van der Waals surface area contributed by atoms with Crippen LogP contribution in [0.3, 0.4) is 0 Å². The molecule has 0 radical (unpaired) electrons. The van der Waals surface area contributed by atoms with Gasteiger partial charge >= 0.3 is 0 Å². The molecule has 2 rings (SSSR count). The lowest BCUT2D eigenvalue weighted by Crippen LogP contribution is -2.49. The second-order valence-corrected chi connectivity index (χ2v) is 9.40. The number of thioether (sulfide) groups is 1. The average Bonchev–Trinajstić information content (AvgIpc) is 2.77. The van der Waals surface area contributed by atoms with E-state index in [9.17, 15) is 9.59 Å². The molecule has 0 bridgehead atoms. The summed E-state index contributed by atoms with van der Waals surface area (Å²) in [6.45, 7) is 9.25. The molecular formula is C26H36N2O2S. The van der Waals surface area contributed by atoms with E-state index in [1.807, 2.05) is 56.3 Å². The molecule has 31 heavy (non-hydrogen) atoms. The molecule has 0 aliphatic rings. The van der Waals surface area contributed by atoms with Gasteiger partial charge in [0.15, 0.2) is 0 Å². The summed E-state index contributed by atoms with van der Waals surface area (Å²) in [5.41, 5.74) is 3.48. The van der Waals surface area contributed by atoms with Gasteiger partial charge in [0.25, 0.3) is 0 Å². The number of aryl methyl sites for hydroxylation is 1. The maximum atomic E-state index is 13.2. The Morgan fingerprint density at radius 3 is 2.35 bits per heavy atom. The molecule has 5 heteroatoms. The van der Waals surface area contributed by atoms with Crippen LogP contribution < -0.4 is 5.32 Å². The third-order valence-corrected chi connectivity index (χ3v) is 6.27. The fourth-order valence-electron chi connectivity index (χ4n) is 3.38. The van der Waals surface area contributed by atoms with Gasteiger partial charge in [-0.1, -0.05) is 75.4 Å². The van der Waals surface area contributed by atoms with Gasteiger partial charge < -0.3 is 10.2 Å². The van der Waals surface area contributed by atoms with Gasteiger partial charge in [0.1, 0.15) is 6.04 Å². The number of hydrogen-bond acceptors (Lipinski definition) is 3. The second-order valence-electron chi connectivity index (χ2n) is 8.30. The lowest BCUT2D eigenvalue weighted by Gasteiger charge is -2.31. The highest BCUT2D eigenvalue weighted by Gasteiger charge is 2.28. The van der Waals surface area contributed by atoms with Gasteiger partial charge in [-0.25, -0.2) is 0 Å². The molecule has 2 aromatic carbocycles. The number of carbonyl (C=O) groups is 2. The lowest BCUT2D eigenvalue weighted by molar-refractivity contribution is -0.141. The topological polar surface area (TPSA) is 49.4 Å². The largest absolute Gasteiger partial charge is 0.354 e. The summed E-state index contributed by atoms with van der Waals surface area (Å²) < 4.78 is 0. The van der Waals surface area contributed by atoms with Gasteiger partial charge in [-0.15, -0.1) is 0 Å². The summed E-state index contributed by atoms with van der Waals surface area (Å²) in [7, 11) is 0. The minimum atomic E-state index is -0.454. The van der Waals surface area contributed by atoms with E-state index in [1.165, 1.54) is 5.56 Å². The van der Waals surface area contributed by atoms with Crippen LogP contribution in [-0.4, -0.2) is 35.1 Å². The Bertz CT molecular complexity index is 823. The highest BCUT2D eigenvalue weighted by molar-refractivity contribution is 7.98. The summed E-state index contributed by atoms with van der Waals surface area (Å²) in [4.78, 5) is 27.9. The van der Waals surface area contributed by atoms with Crippen LogP contribution in [0.5, 0.6) is 0 Å². The Morgan fingerprint density at radius 2 is 1.71 bits per heavy atom. The highest BCUT2D eigenvalue weighted by Crippen LogP contribution is 2.18. The number of rotatable bonds is 12. The van der Waals surface area contributed by atoms with Crippen molar-refractivity contribution in [2.45, 2.75) is 58.9 Å². The van der Waals surface area contributed by atoms with Gasteiger partial charge in [-0.2, -0.15) is 11.8 Å². The number of nitrogens with one attached hydrogen (secondary N) is 1. The molecule has 0 saturated carbocycles. The summed E-state index contributed by atoms with van der Waals surface area (Å²) >= 11 is 1.76. The Balaban J connectivity index is 2.06. The zero-order chi connectivity index (χ0) is 22.6. The van der Waals surface area contributed by atoms with Gasteiger partial charge in [0.05, 0.1) is 0 Å². The molecule has 0 aromatic heterocycles. The summed E-state index contributed by atoms with van der Waals surface area (Å²) in [6.07, 6.45) is 1.02. The van der Waals surface area contributed by atoms with E-state index in [0.717, 1.165) is 22.6 Å². The maximum Gasteiger partial charge on any atom is 0.242 e. The molecule has 0 aliphatic carbocycles. The van der Waals surface area contributed by atoms with Crippen molar-refractivity contribution in [1.29, 1.82) is 0 Å². The highest BCUT2D eigenvalue weighted by atomic mass is 32.2. The first-order valence-corrected chi connectivity index (χ1v) is 12.3. The summed E-state index contributed by atoms with van der Waals surface area (Å²) in [6, 6.07) is 17.9. The van der Waals surface area contributed by atoms with E-state index in [-0.39, 0.29) is 11.8 Å². The zero-order valence-electron chi connectivity index (χ0n) is 19.3. The van der Waals surface area contributed by atoms with Gasteiger partial charge in [0.2, 0.25) is 11.8 Å². The van der Waals surface area contributed by atoms with Gasteiger partial charge in [-0.05, 0) is 36.0 Å². The Kier molecular flexibility index (Phi) is 10.6. The third-order valence-electron chi connectivity index (χ3n) is 5.24. The van der Waals surface area contributed by atoms with Crippen LogP contribution in [0, 0.1) is 12.8 Å². The Labute approximate surface area is 191 Å². The van der Waals surface area contributed by atoms with E-state index >= 15 is 0 Å². The molecule has 1 atom stereocenters. The van der Waals surface area contributed by atoms with Crippen molar-refractivity contribution in [3.8, 4) is 0 Å². The van der Waals surface area contributed by atoms with Crippen LogP contribution in [-0.2, 0) is 21.9 Å². The molecule has 0 heterocycles. The smallest absolute Gasteiger partial charge is 0.242 e. The Hall–Kier alpha value is -2.27. The van der Waals surface area contributed by atoms with Crippen molar-refractivity contribution in [3.05, 3.63) is 71.3 Å².